The Labute approximate surface area is 130 Å². The molecule has 0 bridgehead atoms. The average molecular weight is 289 g/mol. The number of pyridine rings is 1. The van der Waals surface area contributed by atoms with E-state index in [1.165, 1.54) is 37.7 Å². The highest BCUT2D eigenvalue weighted by atomic mass is 15.1. The molecule has 0 radical (unpaired) electrons. The highest BCUT2D eigenvalue weighted by molar-refractivity contribution is 5.09. The summed E-state index contributed by atoms with van der Waals surface area (Å²) in [7, 11) is 0. The first kappa shape index (κ1) is 16.4. The van der Waals surface area contributed by atoms with Gasteiger partial charge in [-0.05, 0) is 49.5 Å². The molecule has 0 aromatic carbocycles. The highest BCUT2D eigenvalue weighted by Gasteiger charge is 2.24. The Hall–Kier alpha value is -0.930. The fourth-order valence-electron chi connectivity index (χ4n) is 3.51. The summed E-state index contributed by atoms with van der Waals surface area (Å²) >= 11 is 0. The highest BCUT2D eigenvalue weighted by Crippen LogP contribution is 2.27. The summed E-state index contributed by atoms with van der Waals surface area (Å²) in [6.07, 6.45) is 10.9. The Kier molecular flexibility index (Phi) is 7.17. The van der Waals surface area contributed by atoms with Crippen molar-refractivity contribution in [3.8, 4) is 0 Å². The van der Waals surface area contributed by atoms with E-state index in [0.29, 0.717) is 6.04 Å². The van der Waals surface area contributed by atoms with E-state index in [2.05, 4.69) is 41.2 Å². The molecular formula is C18H31N3. The lowest BCUT2D eigenvalue weighted by atomic mass is 9.83. The molecule has 1 atom stereocenters. The van der Waals surface area contributed by atoms with Gasteiger partial charge in [-0.3, -0.25) is 9.88 Å². The largest absolute Gasteiger partial charge is 0.313 e. The number of hydrogen-bond acceptors (Lipinski definition) is 3. The van der Waals surface area contributed by atoms with Gasteiger partial charge in [0.25, 0.3) is 0 Å². The average Bonchev–Trinajstić information content (AvgIpc) is 2.55. The molecule has 1 aliphatic rings. The van der Waals surface area contributed by atoms with Crippen molar-refractivity contribution in [3.63, 3.8) is 0 Å². The number of likely N-dealkylation sites (N-methyl/N-ethyl adjacent to an activating group) is 2. The van der Waals surface area contributed by atoms with Crippen LogP contribution >= 0.6 is 0 Å². The van der Waals surface area contributed by atoms with Crippen LogP contribution in [0.15, 0.2) is 24.5 Å². The van der Waals surface area contributed by atoms with Gasteiger partial charge in [0.1, 0.15) is 0 Å². The van der Waals surface area contributed by atoms with Gasteiger partial charge in [-0.15, -0.1) is 0 Å². The third-order valence-electron chi connectivity index (χ3n) is 4.74. The minimum absolute atomic E-state index is 0.650. The molecule has 1 N–H and O–H groups in total. The van der Waals surface area contributed by atoms with Crippen LogP contribution in [0, 0.1) is 5.92 Å². The fourth-order valence-corrected chi connectivity index (χ4v) is 3.51. The van der Waals surface area contributed by atoms with Gasteiger partial charge in [-0.1, -0.05) is 33.1 Å². The maximum Gasteiger partial charge on any atom is 0.0271 e. The van der Waals surface area contributed by atoms with Gasteiger partial charge >= 0.3 is 0 Å². The molecule has 3 heteroatoms. The Bertz CT molecular complexity index is 373. The molecule has 0 aliphatic heterocycles. The molecule has 1 unspecified atom stereocenters. The molecule has 21 heavy (non-hydrogen) atoms. The van der Waals surface area contributed by atoms with Crippen molar-refractivity contribution < 1.29 is 0 Å². The van der Waals surface area contributed by atoms with Crippen LogP contribution in [0.25, 0.3) is 0 Å². The van der Waals surface area contributed by atoms with E-state index in [1.54, 1.807) is 0 Å². The van der Waals surface area contributed by atoms with Gasteiger partial charge in [0.15, 0.2) is 0 Å². The van der Waals surface area contributed by atoms with Crippen molar-refractivity contribution in [2.24, 2.45) is 5.92 Å². The predicted octanol–water partition coefficient (Wildman–Crippen LogP) is 3.46. The molecule has 1 aromatic rings. The standard InChI is InChI=1S/C18H31N3/c1-3-20-18(17-8-6-5-7-9-17)15-21(4-2)14-16-10-12-19-13-11-16/h10-13,17-18,20H,3-9,14-15H2,1-2H3. The number of aromatic nitrogens is 1. The van der Waals surface area contributed by atoms with Crippen LogP contribution in [-0.2, 0) is 6.54 Å². The van der Waals surface area contributed by atoms with Crippen molar-refractivity contribution in [2.45, 2.75) is 58.5 Å². The Morgan fingerprint density at radius 1 is 1.19 bits per heavy atom. The lowest BCUT2D eigenvalue weighted by Crippen LogP contribution is -2.46. The summed E-state index contributed by atoms with van der Waals surface area (Å²) in [4.78, 5) is 6.68. The summed E-state index contributed by atoms with van der Waals surface area (Å²) in [5.74, 6) is 0.866. The molecule has 1 heterocycles. The van der Waals surface area contributed by atoms with Crippen molar-refractivity contribution in [1.82, 2.24) is 15.2 Å². The smallest absolute Gasteiger partial charge is 0.0271 e. The lowest BCUT2D eigenvalue weighted by molar-refractivity contribution is 0.185. The van der Waals surface area contributed by atoms with E-state index in [0.717, 1.165) is 32.1 Å². The number of nitrogens with one attached hydrogen (secondary N) is 1. The minimum atomic E-state index is 0.650. The van der Waals surface area contributed by atoms with Crippen LogP contribution in [0.2, 0.25) is 0 Å². The van der Waals surface area contributed by atoms with Gasteiger partial charge in [-0.2, -0.15) is 0 Å². The van der Waals surface area contributed by atoms with Crippen molar-refractivity contribution in [3.05, 3.63) is 30.1 Å². The molecule has 1 aliphatic carbocycles. The zero-order chi connectivity index (χ0) is 14.9. The summed E-state index contributed by atoms with van der Waals surface area (Å²) in [6, 6.07) is 4.91. The summed E-state index contributed by atoms with van der Waals surface area (Å²) in [5, 5.41) is 3.75. The van der Waals surface area contributed by atoms with Gasteiger partial charge in [0, 0.05) is 31.5 Å². The molecular weight excluding hydrogens is 258 g/mol. The summed E-state index contributed by atoms with van der Waals surface area (Å²) < 4.78 is 0. The van der Waals surface area contributed by atoms with E-state index < -0.39 is 0 Å². The van der Waals surface area contributed by atoms with Crippen LogP contribution in [-0.4, -0.2) is 35.6 Å². The van der Waals surface area contributed by atoms with Crippen LogP contribution in [0.3, 0.4) is 0 Å². The molecule has 3 nitrogen and oxygen atoms in total. The second kappa shape index (κ2) is 9.16. The van der Waals surface area contributed by atoms with Crippen LogP contribution in [0.1, 0.15) is 51.5 Å². The van der Waals surface area contributed by atoms with Gasteiger partial charge < -0.3 is 5.32 Å². The molecule has 118 valence electrons. The topological polar surface area (TPSA) is 28.2 Å². The summed E-state index contributed by atoms with van der Waals surface area (Å²) in [5.41, 5.74) is 1.37. The Morgan fingerprint density at radius 3 is 2.52 bits per heavy atom. The van der Waals surface area contributed by atoms with Crippen LogP contribution in [0.5, 0.6) is 0 Å². The fraction of sp³-hybridized carbons (Fsp3) is 0.722. The van der Waals surface area contributed by atoms with Crippen molar-refractivity contribution >= 4 is 0 Å². The SMILES string of the molecule is CCNC(CN(CC)Cc1ccncc1)C1CCCCC1. The quantitative estimate of drug-likeness (QED) is 0.794. The third-order valence-corrected chi connectivity index (χ3v) is 4.74. The van der Waals surface area contributed by atoms with Crippen LogP contribution < -0.4 is 5.32 Å². The Balaban J connectivity index is 1.92. The Morgan fingerprint density at radius 2 is 1.90 bits per heavy atom. The molecule has 0 amide bonds. The monoisotopic (exact) mass is 289 g/mol. The van der Waals surface area contributed by atoms with E-state index >= 15 is 0 Å². The zero-order valence-electron chi connectivity index (χ0n) is 13.7. The molecule has 1 saturated carbocycles. The number of hydrogen-bond donors (Lipinski definition) is 1. The van der Waals surface area contributed by atoms with E-state index in [9.17, 15) is 0 Å². The molecule has 1 fully saturated rings. The summed E-state index contributed by atoms with van der Waals surface area (Å²) in [6.45, 7) is 8.88. The van der Waals surface area contributed by atoms with E-state index in [1.807, 2.05) is 12.4 Å². The first-order valence-corrected chi connectivity index (χ1v) is 8.68. The molecule has 1 aromatic heterocycles. The maximum absolute atomic E-state index is 4.11. The van der Waals surface area contributed by atoms with E-state index in [4.69, 9.17) is 0 Å². The van der Waals surface area contributed by atoms with Gasteiger partial charge in [0.2, 0.25) is 0 Å². The molecule has 0 saturated heterocycles. The lowest BCUT2D eigenvalue weighted by Gasteiger charge is -2.34. The van der Waals surface area contributed by atoms with E-state index in [-0.39, 0.29) is 0 Å². The van der Waals surface area contributed by atoms with Crippen molar-refractivity contribution in [1.29, 1.82) is 0 Å². The van der Waals surface area contributed by atoms with Gasteiger partial charge in [0.05, 0.1) is 0 Å². The number of nitrogens with zero attached hydrogens (tertiary/aromatic N) is 2. The number of rotatable bonds is 8. The second-order valence-electron chi connectivity index (χ2n) is 6.25. The van der Waals surface area contributed by atoms with Gasteiger partial charge in [-0.25, -0.2) is 0 Å². The molecule has 2 rings (SSSR count). The van der Waals surface area contributed by atoms with Crippen LogP contribution in [0.4, 0.5) is 0 Å². The maximum atomic E-state index is 4.11. The third kappa shape index (κ3) is 5.40. The first-order valence-electron chi connectivity index (χ1n) is 8.68. The normalized spacial score (nSPS) is 18.0. The predicted molar refractivity (Wildman–Crippen MR) is 89.2 cm³/mol. The molecule has 0 spiro atoms. The minimum Gasteiger partial charge on any atom is -0.313 e. The second-order valence-corrected chi connectivity index (χ2v) is 6.25. The van der Waals surface area contributed by atoms with Crippen molar-refractivity contribution in [2.75, 3.05) is 19.6 Å². The zero-order valence-corrected chi connectivity index (χ0v) is 13.7. The first-order chi connectivity index (χ1) is 10.3.